The zero-order valence-electron chi connectivity index (χ0n) is 20.0. The first kappa shape index (κ1) is 25.9. The number of rotatable bonds is 11. The molecule has 0 aliphatic rings. The van der Waals surface area contributed by atoms with Crippen molar-refractivity contribution in [1.29, 1.82) is 0 Å². The van der Waals surface area contributed by atoms with Crippen molar-refractivity contribution in [3.05, 3.63) is 0 Å². The second-order valence-corrected chi connectivity index (χ2v) is 18.2. The van der Waals surface area contributed by atoms with Gasteiger partial charge in [0, 0.05) is 0 Å². The van der Waals surface area contributed by atoms with Gasteiger partial charge in [0.1, 0.15) is 0 Å². The van der Waals surface area contributed by atoms with E-state index < -0.39 is 0 Å². The second-order valence-electron chi connectivity index (χ2n) is 10.5. The molecule has 0 aliphatic carbocycles. The molecular formula is C23H50P2. The van der Waals surface area contributed by atoms with Gasteiger partial charge in [-0.05, 0) is 58.1 Å². The molecule has 0 amide bonds. The molecule has 1 unspecified atom stereocenters. The van der Waals surface area contributed by atoms with Gasteiger partial charge in [-0.2, -0.15) is 0 Å². The Kier molecular flexibility index (Phi) is 9.69. The Morgan fingerprint density at radius 3 is 1.08 bits per heavy atom. The highest BCUT2D eigenvalue weighted by molar-refractivity contribution is 7.65. The monoisotopic (exact) mass is 388 g/mol. The Balaban J connectivity index is 5.87. The largest absolute Gasteiger partial charge is 0.0945 e. The Hall–Kier alpha value is 0.860. The predicted octanol–water partition coefficient (Wildman–Crippen LogP) is 9.09. The van der Waals surface area contributed by atoms with E-state index in [1.807, 2.05) is 0 Å². The normalized spacial score (nSPS) is 16.0. The highest BCUT2D eigenvalue weighted by Crippen LogP contribution is 2.70. The third kappa shape index (κ3) is 6.46. The zero-order chi connectivity index (χ0) is 20.3. The molecule has 0 saturated heterocycles. The van der Waals surface area contributed by atoms with E-state index in [4.69, 9.17) is 0 Å². The maximum absolute atomic E-state index is 2.60. The lowest BCUT2D eigenvalue weighted by Crippen LogP contribution is -2.38. The van der Waals surface area contributed by atoms with Crippen molar-refractivity contribution in [2.45, 2.75) is 142 Å². The molecule has 0 saturated carbocycles. The maximum Gasteiger partial charge on any atom is -0.0146 e. The van der Waals surface area contributed by atoms with Crippen LogP contribution in [-0.2, 0) is 0 Å². The summed E-state index contributed by atoms with van der Waals surface area (Å²) in [5.74, 6) is 0. The Bertz CT molecular complexity index is 361. The number of hydrogen-bond donors (Lipinski definition) is 0. The van der Waals surface area contributed by atoms with Crippen molar-refractivity contribution >= 4 is 15.8 Å². The van der Waals surface area contributed by atoms with Crippen molar-refractivity contribution in [2.75, 3.05) is 6.16 Å². The molecule has 0 spiro atoms. The molecule has 0 fully saturated rings. The molecular weight excluding hydrogens is 338 g/mol. The number of hydrogen-bond acceptors (Lipinski definition) is 0. The molecule has 152 valence electrons. The van der Waals surface area contributed by atoms with Crippen LogP contribution in [0.2, 0.25) is 0 Å². The maximum atomic E-state index is 2.60. The summed E-state index contributed by atoms with van der Waals surface area (Å²) in [7, 11) is -0.0366. The Morgan fingerprint density at radius 2 is 0.840 bits per heavy atom. The smallest absolute Gasteiger partial charge is 0.0146 e. The van der Waals surface area contributed by atoms with Gasteiger partial charge in [-0.25, -0.2) is 0 Å². The van der Waals surface area contributed by atoms with Crippen LogP contribution in [0.3, 0.4) is 0 Å². The highest BCUT2D eigenvalue weighted by atomic mass is 31.1. The van der Waals surface area contributed by atoms with Crippen molar-refractivity contribution in [1.82, 2.24) is 0 Å². The fraction of sp³-hybridized carbons (Fsp3) is 1.00. The molecule has 0 aliphatic heterocycles. The highest BCUT2D eigenvalue weighted by Gasteiger charge is 2.45. The summed E-state index contributed by atoms with van der Waals surface area (Å²) >= 11 is 0. The van der Waals surface area contributed by atoms with Crippen LogP contribution in [0, 0.1) is 0 Å². The first-order valence-corrected chi connectivity index (χ1v) is 13.6. The first-order valence-electron chi connectivity index (χ1n) is 10.7. The minimum Gasteiger partial charge on any atom is -0.0945 e. The van der Waals surface area contributed by atoms with Gasteiger partial charge in [0.2, 0.25) is 0 Å². The molecule has 0 rings (SSSR count). The summed E-state index contributed by atoms with van der Waals surface area (Å²) in [4.78, 5) is 0. The van der Waals surface area contributed by atoms with Crippen LogP contribution in [0.4, 0.5) is 0 Å². The molecule has 0 aromatic heterocycles. The molecule has 0 N–H and O–H groups in total. The van der Waals surface area contributed by atoms with Crippen molar-refractivity contribution in [3.63, 3.8) is 0 Å². The molecule has 0 aromatic rings. The van der Waals surface area contributed by atoms with Crippen LogP contribution >= 0.6 is 15.8 Å². The van der Waals surface area contributed by atoms with E-state index in [1.54, 1.807) is 0 Å². The standard InChI is InChI=1S/C23H50P2/c1-14-20(6,7)24(21(8,9)15-2)18-19(5)25(22(10,11)16-3)23(12,13)17-4/h19H,14-18H2,1-13H3. The third-order valence-corrected chi connectivity index (χ3v) is 16.2. The lowest BCUT2D eigenvalue weighted by Gasteiger charge is -2.52. The fourth-order valence-electron chi connectivity index (χ4n) is 4.39. The summed E-state index contributed by atoms with van der Waals surface area (Å²) in [5, 5.41) is 1.91. The molecule has 1 atom stereocenters. The van der Waals surface area contributed by atoms with E-state index in [2.05, 4.69) is 90.0 Å². The first-order chi connectivity index (χ1) is 11.1. The van der Waals surface area contributed by atoms with Crippen LogP contribution in [-0.4, -0.2) is 32.4 Å². The van der Waals surface area contributed by atoms with Gasteiger partial charge in [-0.3, -0.25) is 0 Å². The van der Waals surface area contributed by atoms with E-state index in [9.17, 15) is 0 Å². The zero-order valence-corrected chi connectivity index (χ0v) is 21.8. The SMILES string of the molecule is CCC(C)(C)P(CC(C)P(C(C)(C)CC)C(C)(C)CC)C(C)(C)CC. The van der Waals surface area contributed by atoms with Crippen molar-refractivity contribution in [2.24, 2.45) is 0 Å². The quantitative estimate of drug-likeness (QED) is 0.310. The van der Waals surface area contributed by atoms with E-state index >= 15 is 0 Å². The Labute approximate surface area is 164 Å². The average molecular weight is 389 g/mol. The summed E-state index contributed by atoms with van der Waals surface area (Å²) < 4.78 is 0. The van der Waals surface area contributed by atoms with Gasteiger partial charge in [0.05, 0.1) is 0 Å². The molecule has 0 nitrogen and oxygen atoms in total. The predicted molar refractivity (Wildman–Crippen MR) is 126 cm³/mol. The minimum atomic E-state index is -0.0292. The van der Waals surface area contributed by atoms with E-state index in [0.29, 0.717) is 20.6 Å². The second kappa shape index (κ2) is 9.37. The lowest BCUT2D eigenvalue weighted by molar-refractivity contribution is 0.586. The van der Waals surface area contributed by atoms with Crippen molar-refractivity contribution in [3.8, 4) is 0 Å². The summed E-state index contributed by atoms with van der Waals surface area (Å²) in [6, 6.07) is 0. The van der Waals surface area contributed by atoms with Gasteiger partial charge in [0.25, 0.3) is 0 Å². The van der Waals surface area contributed by atoms with E-state index in [-0.39, 0.29) is 15.8 Å². The molecule has 0 heterocycles. The molecule has 25 heavy (non-hydrogen) atoms. The topological polar surface area (TPSA) is 0 Å². The fourth-order valence-corrected chi connectivity index (χ4v) is 14.2. The van der Waals surface area contributed by atoms with Gasteiger partial charge < -0.3 is 0 Å². The van der Waals surface area contributed by atoms with Crippen LogP contribution in [0.25, 0.3) is 0 Å². The van der Waals surface area contributed by atoms with Gasteiger partial charge >= 0.3 is 0 Å². The van der Waals surface area contributed by atoms with Crippen LogP contribution < -0.4 is 0 Å². The average Bonchev–Trinajstić information content (AvgIpc) is 2.51. The van der Waals surface area contributed by atoms with Gasteiger partial charge in [0.15, 0.2) is 0 Å². The molecule has 0 radical (unpaired) electrons. The van der Waals surface area contributed by atoms with Crippen LogP contribution in [0.15, 0.2) is 0 Å². The Morgan fingerprint density at radius 1 is 0.560 bits per heavy atom. The summed E-state index contributed by atoms with van der Waals surface area (Å²) in [6.45, 7) is 32.6. The van der Waals surface area contributed by atoms with E-state index in [0.717, 1.165) is 5.66 Å². The van der Waals surface area contributed by atoms with Gasteiger partial charge in [-0.15, -0.1) is 0 Å². The summed E-state index contributed by atoms with van der Waals surface area (Å²) in [5.41, 5.74) is 0.850. The van der Waals surface area contributed by atoms with Crippen LogP contribution in [0.1, 0.15) is 116 Å². The van der Waals surface area contributed by atoms with E-state index in [1.165, 1.54) is 31.8 Å². The van der Waals surface area contributed by atoms with Gasteiger partial charge in [-0.1, -0.05) is 106 Å². The molecule has 2 heteroatoms. The molecule has 0 bridgehead atoms. The molecule has 0 aromatic carbocycles. The van der Waals surface area contributed by atoms with Crippen LogP contribution in [0.5, 0.6) is 0 Å². The lowest BCUT2D eigenvalue weighted by atomic mass is 10.1. The summed E-state index contributed by atoms with van der Waals surface area (Å²) in [6.07, 6.45) is 6.68. The van der Waals surface area contributed by atoms with Crippen molar-refractivity contribution < 1.29 is 0 Å². The third-order valence-electron chi connectivity index (χ3n) is 7.11. The minimum absolute atomic E-state index is 0.00737.